The molecule has 1 atom stereocenters. The molecule has 1 N–H and O–H groups in total. The maximum Gasteiger partial charge on any atom is 0.230 e. The van der Waals surface area contributed by atoms with E-state index in [2.05, 4.69) is 5.32 Å². The van der Waals surface area contributed by atoms with Crippen molar-refractivity contribution in [2.24, 2.45) is 5.92 Å². The Morgan fingerprint density at radius 1 is 1.20 bits per heavy atom. The number of nitrogens with zero attached hydrogens (tertiary/aromatic N) is 1. The Labute approximate surface area is 175 Å². The number of sulfone groups is 1. The van der Waals surface area contributed by atoms with E-state index in [1.54, 1.807) is 23.1 Å². The largest absolute Gasteiger partial charge is 0.324 e. The lowest BCUT2D eigenvalue weighted by Gasteiger charge is -2.18. The molecule has 1 heterocycles. The minimum absolute atomic E-state index is 0.0186. The molecule has 0 saturated heterocycles. The molecule has 2 aliphatic rings. The normalized spacial score (nSPS) is 16.8. The summed E-state index contributed by atoms with van der Waals surface area (Å²) in [5.41, 5.74) is 1.62. The highest BCUT2D eigenvalue weighted by Crippen LogP contribution is 2.37. The second kappa shape index (κ2) is 7.83. The third-order valence-corrected chi connectivity index (χ3v) is 7.76. The number of benzene rings is 2. The van der Waals surface area contributed by atoms with Gasteiger partial charge in [-0.15, -0.1) is 0 Å². The number of rotatable bonds is 6. The molecule has 8 heteroatoms. The number of amides is 2. The highest BCUT2D eigenvalue weighted by Gasteiger charge is 2.37. The van der Waals surface area contributed by atoms with Crippen LogP contribution in [0.4, 0.5) is 15.8 Å². The van der Waals surface area contributed by atoms with Crippen molar-refractivity contribution >= 4 is 33.0 Å². The molecule has 1 aliphatic heterocycles. The van der Waals surface area contributed by atoms with E-state index in [1.165, 1.54) is 31.2 Å². The fourth-order valence-electron chi connectivity index (χ4n) is 3.70. The van der Waals surface area contributed by atoms with Crippen LogP contribution in [0, 0.1) is 11.7 Å². The van der Waals surface area contributed by atoms with Crippen LogP contribution in [0.25, 0.3) is 0 Å². The monoisotopic (exact) mass is 430 g/mol. The van der Waals surface area contributed by atoms with Crippen LogP contribution in [-0.2, 0) is 25.8 Å². The Bertz CT molecular complexity index is 1110. The van der Waals surface area contributed by atoms with Gasteiger partial charge in [0.25, 0.3) is 0 Å². The number of hydrogen-bond donors (Lipinski definition) is 1. The summed E-state index contributed by atoms with van der Waals surface area (Å²) in [5, 5.41) is 1.44. The van der Waals surface area contributed by atoms with Gasteiger partial charge >= 0.3 is 0 Å². The molecule has 2 amide bonds. The summed E-state index contributed by atoms with van der Waals surface area (Å²) in [4.78, 5) is 26.5. The van der Waals surface area contributed by atoms with Crippen molar-refractivity contribution < 1.29 is 22.4 Å². The summed E-state index contributed by atoms with van der Waals surface area (Å²) in [6.45, 7) is 2.03. The molecule has 30 heavy (non-hydrogen) atoms. The van der Waals surface area contributed by atoms with Gasteiger partial charge in [0.05, 0.1) is 15.8 Å². The molecule has 2 aromatic rings. The molecule has 2 aromatic carbocycles. The summed E-state index contributed by atoms with van der Waals surface area (Å²) in [5.74, 6) is -0.932. The van der Waals surface area contributed by atoms with Crippen LogP contribution in [0.1, 0.15) is 31.7 Å². The van der Waals surface area contributed by atoms with Gasteiger partial charge in [-0.2, -0.15) is 0 Å². The van der Waals surface area contributed by atoms with Crippen LogP contribution in [0.5, 0.6) is 0 Å². The number of para-hydroxylation sites is 1. The van der Waals surface area contributed by atoms with Crippen molar-refractivity contribution in [1.82, 2.24) is 0 Å². The number of hydrogen-bond acceptors (Lipinski definition) is 4. The Morgan fingerprint density at radius 2 is 1.93 bits per heavy atom. The minimum Gasteiger partial charge on any atom is -0.324 e. The zero-order valence-electron chi connectivity index (χ0n) is 16.6. The average molecular weight is 431 g/mol. The zero-order valence-corrected chi connectivity index (χ0v) is 17.4. The van der Waals surface area contributed by atoms with Gasteiger partial charge in [0.2, 0.25) is 11.8 Å². The lowest BCUT2D eigenvalue weighted by molar-refractivity contribution is -0.119. The number of fused-ring (bicyclic) bond motifs is 1. The van der Waals surface area contributed by atoms with Gasteiger partial charge in [-0.3, -0.25) is 9.59 Å². The lowest BCUT2D eigenvalue weighted by atomic mass is 10.2. The van der Waals surface area contributed by atoms with E-state index in [0.29, 0.717) is 13.0 Å². The fourth-order valence-corrected chi connectivity index (χ4v) is 5.10. The molecule has 1 fully saturated rings. The molecule has 0 spiro atoms. The first kappa shape index (κ1) is 20.5. The number of carbonyl (C=O) groups excluding carboxylic acids is 2. The number of anilines is 2. The fraction of sp³-hybridized carbons (Fsp3) is 0.364. The summed E-state index contributed by atoms with van der Waals surface area (Å²) in [6, 6.07) is 10.5. The molecule has 1 aliphatic carbocycles. The van der Waals surface area contributed by atoms with E-state index >= 15 is 0 Å². The summed E-state index contributed by atoms with van der Waals surface area (Å²) in [7, 11) is -3.76. The average Bonchev–Trinajstić information content (AvgIpc) is 3.48. The van der Waals surface area contributed by atoms with Crippen molar-refractivity contribution in [3.05, 3.63) is 53.8 Å². The molecule has 158 valence electrons. The summed E-state index contributed by atoms with van der Waals surface area (Å²) < 4.78 is 39.7. The first-order valence-corrected chi connectivity index (χ1v) is 11.5. The van der Waals surface area contributed by atoms with E-state index in [1.807, 2.05) is 0 Å². The number of carbonyl (C=O) groups is 2. The predicted molar refractivity (Wildman–Crippen MR) is 112 cm³/mol. The Hall–Kier alpha value is -2.74. The molecule has 0 bridgehead atoms. The maximum atomic E-state index is 13.7. The van der Waals surface area contributed by atoms with E-state index in [-0.39, 0.29) is 28.8 Å². The summed E-state index contributed by atoms with van der Waals surface area (Å²) in [6.07, 6.45) is 2.16. The van der Waals surface area contributed by atoms with Gasteiger partial charge in [0.1, 0.15) is 5.82 Å². The number of nitrogens with one attached hydrogen (secondary N) is 1. The molecule has 1 unspecified atom stereocenters. The van der Waals surface area contributed by atoms with Gasteiger partial charge in [0.15, 0.2) is 9.84 Å². The standard InChI is InChI=1S/C22H23FN2O4S/c1-14(12-21(26)24-19-5-3-2-4-18(19)23)30(28,29)17-8-9-20-16(13-17)10-11-25(20)22(27)15-6-7-15/h2-5,8-9,13-15H,6-7,10-12H2,1H3,(H,24,26). The van der Waals surface area contributed by atoms with Crippen molar-refractivity contribution in [2.45, 2.75) is 42.8 Å². The minimum atomic E-state index is -3.76. The smallest absolute Gasteiger partial charge is 0.230 e. The second-order valence-electron chi connectivity index (χ2n) is 7.89. The second-order valence-corrected chi connectivity index (χ2v) is 10.3. The molecule has 4 rings (SSSR count). The first-order valence-electron chi connectivity index (χ1n) is 10.00. The highest BCUT2D eigenvalue weighted by molar-refractivity contribution is 7.92. The Kier molecular flexibility index (Phi) is 5.36. The Morgan fingerprint density at radius 3 is 2.63 bits per heavy atom. The van der Waals surface area contributed by atoms with E-state index in [9.17, 15) is 22.4 Å². The van der Waals surface area contributed by atoms with Crippen LogP contribution in [0.15, 0.2) is 47.4 Å². The van der Waals surface area contributed by atoms with Gasteiger partial charge in [0, 0.05) is 24.6 Å². The molecule has 6 nitrogen and oxygen atoms in total. The summed E-state index contributed by atoms with van der Waals surface area (Å²) >= 11 is 0. The van der Waals surface area contributed by atoms with Crippen LogP contribution in [0.2, 0.25) is 0 Å². The van der Waals surface area contributed by atoms with E-state index in [0.717, 1.165) is 24.1 Å². The third kappa shape index (κ3) is 3.96. The predicted octanol–water partition coefficient (Wildman–Crippen LogP) is 3.32. The van der Waals surface area contributed by atoms with Crippen LogP contribution < -0.4 is 10.2 Å². The molecule has 1 saturated carbocycles. The van der Waals surface area contributed by atoms with Crippen molar-refractivity contribution in [1.29, 1.82) is 0 Å². The maximum absolute atomic E-state index is 13.7. The van der Waals surface area contributed by atoms with Gasteiger partial charge in [-0.05, 0) is 62.1 Å². The molecular formula is C22H23FN2O4S. The van der Waals surface area contributed by atoms with Gasteiger partial charge < -0.3 is 10.2 Å². The van der Waals surface area contributed by atoms with Gasteiger partial charge in [-0.25, -0.2) is 12.8 Å². The van der Waals surface area contributed by atoms with Crippen LogP contribution in [-0.4, -0.2) is 32.0 Å². The SMILES string of the molecule is CC(CC(=O)Nc1ccccc1F)S(=O)(=O)c1ccc2c(c1)CCN2C(=O)C1CC1. The molecular weight excluding hydrogens is 407 g/mol. The number of halogens is 1. The highest BCUT2D eigenvalue weighted by atomic mass is 32.2. The van der Waals surface area contributed by atoms with Crippen molar-refractivity contribution in [3.8, 4) is 0 Å². The van der Waals surface area contributed by atoms with Crippen molar-refractivity contribution in [3.63, 3.8) is 0 Å². The quantitative estimate of drug-likeness (QED) is 0.762. The first-order chi connectivity index (χ1) is 14.3. The van der Waals surface area contributed by atoms with E-state index < -0.39 is 26.8 Å². The third-order valence-electron chi connectivity index (χ3n) is 5.62. The van der Waals surface area contributed by atoms with Crippen LogP contribution >= 0.6 is 0 Å². The molecule has 0 aromatic heterocycles. The lowest BCUT2D eigenvalue weighted by Crippen LogP contribution is -2.30. The Balaban J connectivity index is 1.47. The van der Waals surface area contributed by atoms with E-state index in [4.69, 9.17) is 0 Å². The molecule has 0 radical (unpaired) electrons. The zero-order chi connectivity index (χ0) is 21.5. The van der Waals surface area contributed by atoms with Gasteiger partial charge in [-0.1, -0.05) is 12.1 Å². The topological polar surface area (TPSA) is 83.6 Å². The van der Waals surface area contributed by atoms with Crippen LogP contribution in [0.3, 0.4) is 0 Å². The van der Waals surface area contributed by atoms with Crippen molar-refractivity contribution in [2.75, 3.05) is 16.8 Å².